The summed E-state index contributed by atoms with van der Waals surface area (Å²) >= 11 is 0. The molecule has 25 heavy (non-hydrogen) atoms. The van der Waals surface area contributed by atoms with E-state index in [9.17, 15) is 13.5 Å². The number of benzene rings is 2. The summed E-state index contributed by atoms with van der Waals surface area (Å²) in [5.41, 5.74) is 1.95. The molecular formula is C19H25N2O3S+. The first kappa shape index (κ1) is 18.1. The van der Waals surface area contributed by atoms with E-state index in [4.69, 9.17) is 0 Å². The number of hydrogen-bond acceptors (Lipinski definition) is 3. The van der Waals surface area contributed by atoms with Gasteiger partial charge in [-0.3, -0.25) is 0 Å². The Labute approximate surface area is 149 Å². The normalized spacial score (nSPS) is 18.2. The van der Waals surface area contributed by atoms with E-state index in [1.54, 1.807) is 16.4 Å². The quantitative estimate of drug-likeness (QED) is 0.821. The molecule has 1 fully saturated rings. The van der Waals surface area contributed by atoms with Gasteiger partial charge >= 0.3 is 0 Å². The Bertz CT molecular complexity index is 783. The van der Waals surface area contributed by atoms with Gasteiger partial charge in [0.2, 0.25) is 10.0 Å². The number of aliphatic hydroxyl groups excluding tert-OH is 1. The lowest BCUT2D eigenvalue weighted by Crippen LogP contribution is -3.15. The average molecular weight is 361 g/mol. The topological polar surface area (TPSA) is 62.0 Å². The molecule has 2 aromatic rings. The highest BCUT2D eigenvalue weighted by Crippen LogP contribution is 2.16. The zero-order valence-electron chi connectivity index (χ0n) is 14.4. The summed E-state index contributed by atoms with van der Waals surface area (Å²) in [6, 6.07) is 16.6. The lowest BCUT2D eigenvalue weighted by molar-refractivity contribution is -0.907. The van der Waals surface area contributed by atoms with Crippen molar-refractivity contribution in [3.63, 3.8) is 0 Å². The number of aryl methyl sites for hydroxylation is 1. The molecule has 2 aromatic carbocycles. The van der Waals surface area contributed by atoms with E-state index < -0.39 is 16.1 Å². The first-order chi connectivity index (χ1) is 12.0. The Morgan fingerprint density at radius 2 is 1.64 bits per heavy atom. The third-order valence-electron chi connectivity index (χ3n) is 4.75. The molecule has 1 atom stereocenters. The second kappa shape index (κ2) is 7.66. The summed E-state index contributed by atoms with van der Waals surface area (Å²) in [6.07, 6.45) is -0.517. The molecule has 134 valence electrons. The molecule has 1 saturated heterocycles. The average Bonchev–Trinajstić information content (AvgIpc) is 2.63. The maximum absolute atomic E-state index is 12.7. The van der Waals surface area contributed by atoms with Crippen LogP contribution in [0.5, 0.6) is 0 Å². The van der Waals surface area contributed by atoms with E-state index in [0.717, 1.165) is 11.1 Å². The molecule has 2 N–H and O–H groups in total. The molecular weight excluding hydrogens is 336 g/mol. The molecule has 0 aliphatic carbocycles. The van der Waals surface area contributed by atoms with Gasteiger partial charge in [-0.25, -0.2) is 8.42 Å². The largest absolute Gasteiger partial charge is 0.382 e. The van der Waals surface area contributed by atoms with Gasteiger partial charge < -0.3 is 10.0 Å². The molecule has 0 unspecified atom stereocenters. The van der Waals surface area contributed by atoms with Crippen molar-refractivity contribution in [2.75, 3.05) is 32.7 Å². The molecule has 3 rings (SSSR count). The van der Waals surface area contributed by atoms with Gasteiger partial charge in [-0.2, -0.15) is 4.31 Å². The highest BCUT2D eigenvalue weighted by Gasteiger charge is 2.31. The van der Waals surface area contributed by atoms with E-state index in [1.807, 2.05) is 49.4 Å². The van der Waals surface area contributed by atoms with E-state index in [0.29, 0.717) is 37.6 Å². The number of aliphatic hydroxyl groups is 1. The fraction of sp³-hybridized carbons (Fsp3) is 0.368. The smallest absolute Gasteiger partial charge is 0.243 e. The second-order valence-corrected chi connectivity index (χ2v) is 8.54. The fourth-order valence-corrected chi connectivity index (χ4v) is 4.61. The van der Waals surface area contributed by atoms with E-state index >= 15 is 0 Å². The Hall–Kier alpha value is -1.73. The number of rotatable bonds is 5. The van der Waals surface area contributed by atoms with Crippen LogP contribution in [0.2, 0.25) is 0 Å². The van der Waals surface area contributed by atoms with E-state index in [2.05, 4.69) is 0 Å². The van der Waals surface area contributed by atoms with Crippen LogP contribution in [-0.4, -0.2) is 50.6 Å². The predicted molar refractivity (Wildman–Crippen MR) is 96.9 cm³/mol. The summed E-state index contributed by atoms with van der Waals surface area (Å²) in [5, 5.41) is 10.3. The molecule has 6 heteroatoms. The summed E-state index contributed by atoms with van der Waals surface area (Å²) in [5.74, 6) is 0. The molecule has 1 aliphatic heterocycles. The number of quaternary nitrogens is 1. The van der Waals surface area contributed by atoms with Crippen LogP contribution in [0.15, 0.2) is 59.5 Å². The molecule has 1 heterocycles. The van der Waals surface area contributed by atoms with Gasteiger partial charge in [0.05, 0.1) is 31.1 Å². The van der Waals surface area contributed by atoms with Crippen LogP contribution in [0, 0.1) is 6.92 Å². The first-order valence-electron chi connectivity index (χ1n) is 8.60. The van der Waals surface area contributed by atoms with Gasteiger partial charge in [-0.1, -0.05) is 48.0 Å². The highest BCUT2D eigenvalue weighted by atomic mass is 32.2. The van der Waals surface area contributed by atoms with Crippen molar-refractivity contribution in [3.05, 3.63) is 65.7 Å². The van der Waals surface area contributed by atoms with Crippen molar-refractivity contribution in [3.8, 4) is 0 Å². The summed E-state index contributed by atoms with van der Waals surface area (Å²) in [7, 11) is -3.43. The molecule has 5 nitrogen and oxygen atoms in total. The maximum atomic E-state index is 12.7. The maximum Gasteiger partial charge on any atom is 0.243 e. The van der Waals surface area contributed by atoms with Crippen LogP contribution >= 0.6 is 0 Å². The number of nitrogens with one attached hydrogen (secondary N) is 1. The number of hydrogen-bond donors (Lipinski definition) is 2. The number of sulfonamides is 1. The molecule has 0 saturated carbocycles. The van der Waals surface area contributed by atoms with Crippen LogP contribution in [0.3, 0.4) is 0 Å². The van der Waals surface area contributed by atoms with Crippen LogP contribution in [-0.2, 0) is 10.0 Å². The summed E-state index contributed by atoms with van der Waals surface area (Å²) in [4.78, 5) is 1.58. The van der Waals surface area contributed by atoms with Crippen LogP contribution in [0.25, 0.3) is 0 Å². The van der Waals surface area contributed by atoms with Gasteiger partial charge in [0.1, 0.15) is 12.6 Å². The third-order valence-corrected chi connectivity index (χ3v) is 6.67. The van der Waals surface area contributed by atoms with Crippen molar-refractivity contribution in [1.82, 2.24) is 4.31 Å². The van der Waals surface area contributed by atoms with Gasteiger partial charge in [0.15, 0.2) is 0 Å². The van der Waals surface area contributed by atoms with E-state index in [-0.39, 0.29) is 0 Å². The van der Waals surface area contributed by atoms with Crippen LogP contribution in [0.4, 0.5) is 0 Å². The fourth-order valence-electron chi connectivity index (χ4n) is 3.17. The van der Waals surface area contributed by atoms with Crippen LogP contribution in [0.1, 0.15) is 17.2 Å². The van der Waals surface area contributed by atoms with Gasteiger partial charge in [0, 0.05) is 0 Å². The van der Waals surface area contributed by atoms with Crippen molar-refractivity contribution < 1.29 is 18.4 Å². The SMILES string of the molecule is Cc1ccc(S(=O)(=O)N2CC[NH+](C[C@@H](O)c3ccccc3)CC2)cc1. The number of piperazine rings is 1. The monoisotopic (exact) mass is 361 g/mol. The minimum absolute atomic E-state index is 0.353. The van der Waals surface area contributed by atoms with Crippen molar-refractivity contribution in [1.29, 1.82) is 0 Å². The lowest BCUT2D eigenvalue weighted by Gasteiger charge is -2.32. The Morgan fingerprint density at radius 3 is 2.24 bits per heavy atom. The van der Waals surface area contributed by atoms with Gasteiger partial charge in [-0.05, 0) is 24.6 Å². The van der Waals surface area contributed by atoms with Gasteiger partial charge in [0.25, 0.3) is 0 Å². The molecule has 1 aliphatic rings. The molecule has 0 amide bonds. The van der Waals surface area contributed by atoms with E-state index in [1.165, 1.54) is 4.90 Å². The summed E-state index contributed by atoms with van der Waals surface area (Å²) < 4.78 is 27.0. The number of nitrogens with zero attached hydrogens (tertiary/aromatic N) is 1. The first-order valence-corrected chi connectivity index (χ1v) is 10.0. The minimum atomic E-state index is -3.43. The predicted octanol–water partition coefficient (Wildman–Crippen LogP) is 0.618. The zero-order chi connectivity index (χ0) is 17.9. The minimum Gasteiger partial charge on any atom is -0.382 e. The van der Waals surface area contributed by atoms with Crippen molar-refractivity contribution >= 4 is 10.0 Å². The Morgan fingerprint density at radius 1 is 1.04 bits per heavy atom. The molecule has 0 spiro atoms. The Balaban J connectivity index is 1.59. The Kier molecular flexibility index (Phi) is 5.54. The lowest BCUT2D eigenvalue weighted by atomic mass is 10.1. The summed E-state index contributed by atoms with van der Waals surface area (Å²) in [6.45, 7) is 4.91. The standard InChI is InChI=1S/C19H24N2O3S/c1-16-7-9-18(10-8-16)25(23,24)21-13-11-20(12-14-21)15-19(22)17-5-3-2-4-6-17/h2-10,19,22H,11-15H2,1H3/p+1/t19-/m1/s1. The molecule has 0 aromatic heterocycles. The molecule has 0 bridgehead atoms. The van der Waals surface area contributed by atoms with Crippen molar-refractivity contribution in [2.45, 2.75) is 17.9 Å². The molecule has 0 radical (unpaired) electrons. The zero-order valence-corrected chi connectivity index (χ0v) is 15.2. The van der Waals surface area contributed by atoms with Crippen LogP contribution < -0.4 is 4.90 Å². The van der Waals surface area contributed by atoms with Gasteiger partial charge in [-0.15, -0.1) is 0 Å². The van der Waals surface area contributed by atoms with Crippen molar-refractivity contribution in [2.24, 2.45) is 0 Å². The third kappa shape index (κ3) is 4.27. The second-order valence-electron chi connectivity index (χ2n) is 6.60. The highest BCUT2D eigenvalue weighted by molar-refractivity contribution is 7.89.